The number of amides is 1. The first-order valence-electron chi connectivity index (χ1n) is 5.66. The first-order chi connectivity index (χ1) is 7.70. The Morgan fingerprint density at radius 3 is 2.56 bits per heavy atom. The molecule has 0 bridgehead atoms. The second kappa shape index (κ2) is 4.88. The van der Waals surface area contributed by atoms with Crippen molar-refractivity contribution in [2.24, 2.45) is 5.92 Å². The normalized spacial score (nSPS) is 16.9. The van der Waals surface area contributed by atoms with Gasteiger partial charge in [-0.1, -0.05) is 23.7 Å². The second-order valence-corrected chi connectivity index (χ2v) is 4.81. The molecule has 1 aromatic carbocycles. The van der Waals surface area contributed by atoms with Gasteiger partial charge in [-0.05, 0) is 42.4 Å². The molecule has 1 N–H and O–H groups in total. The third kappa shape index (κ3) is 2.76. The minimum atomic E-state index is 0.117. The van der Waals surface area contributed by atoms with E-state index in [1.165, 1.54) is 18.4 Å². The van der Waals surface area contributed by atoms with Gasteiger partial charge in [-0.2, -0.15) is 0 Å². The minimum Gasteiger partial charge on any atom is -0.359 e. The summed E-state index contributed by atoms with van der Waals surface area (Å²) in [7, 11) is 1.69. The van der Waals surface area contributed by atoms with Crippen molar-refractivity contribution in [1.29, 1.82) is 0 Å². The quantitative estimate of drug-likeness (QED) is 0.857. The van der Waals surface area contributed by atoms with Gasteiger partial charge in [-0.25, -0.2) is 0 Å². The summed E-state index contributed by atoms with van der Waals surface area (Å²) in [4.78, 5) is 11.5. The number of carbonyl (C=O) groups is 1. The van der Waals surface area contributed by atoms with Crippen LogP contribution >= 0.6 is 11.6 Å². The average Bonchev–Trinajstić information content (AvgIpc) is 3.11. The predicted octanol–water partition coefficient (Wildman–Crippen LogP) is 2.97. The predicted molar refractivity (Wildman–Crippen MR) is 65.6 cm³/mol. The maximum atomic E-state index is 11.5. The Hall–Kier alpha value is -1.02. The Labute approximate surface area is 101 Å². The van der Waals surface area contributed by atoms with Crippen LogP contribution in [0.25, 0.3) is 0 Å². The van der Waals surface area contributed by atoms with E-state index in [9.17, 15) is 4.79 Å². The molecule has 0 spiro atoms. The van der Waals surface area contributed by atoms with Crippen molar-refractivity contribution in [2.75, 3.05) is 7.05 Å². The molecule has 1 aliphatic rings. The second-order valence-electron chi connectivity index (χ2n) is 4.37. The first kappa shape index (κ1) is 11.5. The van der Waals surface area contributed by atoms with Crippen molar-refractivity contribution in [2.45, 2.75) is 25.2 Å². The molecule has 0 aliphatic heterocycles. The summed E-state index contributed by atoms with van der Waals surface area (Å²) in [6.07, 6.45) is 3.07. The van der Waals surface area contributed by atoms with Gasteiger partial charge in [0.1, 0.15) is 0 Å². The van der Waals surface area contributed by atoms with E-state index in [1.54, 1.807) is 7.05 Å². The molecule has 0 aromatic heterocycles. The van der Waals surface area contributed by atoms with Crippen LogP contribution in [-0.4, -0.2) is 13.0 Å². The van der Waals surface area contributed by atoms with Crippen molar-refractivity contribution in [3.05, 3.63) is 34.9 Å². The largest absolute Gasteiger partial charge is 0.359 e. The fourth-order valence-corrected chi connectivity index (χ4v) is 2.19. The summed E-state index contributed by atoms with van der Waals surface area (Å²) in [5.41, 5.74) is 1.23. The van der Waals surface area contributed by atoms with E-state index < -0.39 is 0 Å². The van der Waals surface area contributed by atoms with Gasteiger partial charge in [0, 0.05) is 18.5 Å². The van der Waals surface area contributed by atoms with Gasteiger partial charge in [0.2, 0.25) is 5.91 Å². The van der Waals surface area contributed by atoms with Crippen LogP contribution in [0.1, 0.15) is 30.7 Å². The van der Waals surface area contributed by atoms with Gasteiger partial charge in [-0.15, -0.1) is 0 Å². The van der Waals surface area contributed by atoms with Crippen LogP contribution in [-0.2, 0) is 4.79 Å². The molecule has 1 fully saturated rings. The highest BCUT2D eigenvalue weighted by atomic mass is 35.5. The molecule has 0 radical (unpaired) electrons. The van der Waals surface area contributed by atoms with E-state index in [1.807, 2.05) is 24.3 Å². The maximum absolute atomic E-state index is 11.5. The molecule has 86 valence electrons. The van der Waals surface area contributed by atoms with Crippen LogP contribution in [0, 0.1) is 5.92 Å². The minimum absolute atomic E-state index is 0.117. The fraction of sp³-hybridized carbons (Fsp3) is 0.462. The summed E-state index contributed by atoms with van der Waals surface area (Å²) in [6.45, 7) is 0. The van der Waals surface area contributed by atoms with Gasteiger partial charge in [0.15, 0.2) is 0 Å². The highest BCUT2D eigenvalue weighted by Crippen LogP contribution is 2.44. The van der Waals surface area contributed by atoms with E-state index in [0.29, 0.717) is 18.3 Å². The molecule has 1 aromatic rings. The van der Waals surface area contributed by atoms with E-state index in [-0.39, 0.29) is 5.91 Å². The van der Waals surface area contributed by atoms with Gasteiger partial charge in [0.25, 0.3) is 0 Å². The molecule has 1 atom stereocenters. The SMILES string of the molecule is CNC(=O)CC(c1ccc(Cl)cc1)C1CC1. The maximum Gasteiger partial charge on any atom is 0.220 e. The summed E-state index contributed by atoms with van der Waals surface area (Å²) in [6, 6.07) is 7.87. The summed E-state index contributed by atoms with van der Waals surface area (Å²) in [5, 5.41) is 3.44. The summed E-state index contributed by atoms with van der Waals surface area (Å²) < 4.78 is 0. The molecule has 1 saturated carbocycles. The topological polar surface area (TPSA) is 29.1 Å². The number of hydrogen-bond acceptors (Lipinski definition) is 1. The standard InChI is InChI=1S/C13H16ClNO/c1-15-13(16)8-12(9-2-3-9)10-4-6-11(14)7-5-10/h4-7,9,12H,2-3,8H2,1H3,(H,15,16). The monoisotopic (exact) mass is 237 g/mol. The van der Waals surface area contributed by atoms with Gasteiger partial charge >= 0.3 is 0 Å². The number of benzene rings is 1. The molecular formula is C13H16ClNO. The van der Waals surface area contributed by atoms with Crippen LogP contribution in [0.4, 0.5) is 0 Å². The van der Waals surface area contributed by atoms with E-state index in [0.717, 1.165) is 5.02 Å². The van der Waals surface area contributed by atoms with Crippen LogP contribution in [0.5, 0.6) is 0 Å². The van der Waals surface area contributed by atoms with E-state index in [2.05, 4.69) is 5.32 Å². The van der Waals surface area contributed by atoms with Crippen molar-refractivity contribution in [3.8, 4) is 0 Å². The Kier molecular flexibility index (Phi) is 3.49. The van der Waals surface area contributed by atoms with Crippen LogP contribution < -0.4 is 5.32 Å². The lowest BCUT2D eigenvalue weighted by Gasteiger charge is -2.15. The van der Waals surface area contributed by atoms with E-state index >= 15 is 0 Å². The lowest BCUT2D eigenvalue weighted by Crippen LogP contribution is -2.21. The van der Waals surface area contributed by atoms with Crippen LogP contribution in [0.3, 0.4) is 0 Å². The van der Waals surface area contributed by atoms with Crippen LogP contribution in [0.15, 0.2) is 24.3 Å². The number of nitrogens with one attached hydrogen (secondary N) is 1. The highest BCUT2D eigenvalue weighted by Gasteiger charge is 2.33. The number of halogens is 1. The third-order valence-electron chi connectivity index (χ3n) is 3.17. The third-order valence-corrected chi connectivity index (χ3v) is 3.43. The smallest absolute Gasteiger partial charge is 0.220 e. The van der Waals surface area contributed by atoms with Crippen LogP contribution in [0.2, 0.25) is 5.02 Å². The van der Waals surface area contributed by atoms with Gasteiger partial charge in [0.05, 0.1) is 0 Å². The molecule has 1 aliphatic carbocycles. The molecule has 0 heterocycles. The zero-order valence-electron chi connectivity index (χ0n) is 9.37. The number of hydrogen-bond donors (Lipinski definition) is 1. The Balaban J connectivity index is 2.12. The lowest BCUT2D eigenvalue weighted by molar-refractivity contribution is -0.121. The van der Waals surface area contributed by atoms with Crippen molar-refractivity contribution in [1.82, 2.24) is 5.32 Å². The Morgan fingerprint density at radius 1 is 1.44 bits per heavy atom. The zero-order valence-corrected chi connectivity index (χ0v) is 10.1. The average molecular weight is 238 g/mol. The summed E-state index contributed by atoms with van der Waals surface area (Å²) in [5.74, 6) is 1.16. The highest BCUT2D eigenvalue weighted by molar-refractivity contribution is 6.30. The number of carbonyl (C=O) groups excluding carboxylic acids is 1. The number of rotatable bonds is 4. The molecule has 2 nitrogen and oxygen atoms in total. The molecule has 1 amide bonds. The van der Waals surface area contributed by atoms with E-state index in [4.69, 9.17) is 11.6 Å². The summed E-state index contributed by atoms with van der Waals surface area (Å²) >= 11 is 5.87. The molecule has 1 unspecified atom stereocenters. The van der Waals surface area contributed by atoms with Gasteiger partial charge in [-0.3, -0.25) is 4.79 Å². The first-order valence-corrected chi connectivity index (χ1v) is 6.04. The molecular weight excluding hydrogens is 222 g/mol. The molecule has 0 saturated heterocycles. The lowest BCUT2D eigenvalue weighted by atomic mass is 9.91. The van der Waals surface area contributed by atoms with Crippen molar-refractivity contribution in [3.63, 3.8) is 0 Å². The Bertz CT molecular complexity index is 370. The van der Waals surface area contributed by atoms with Crippen molar-refractivity contribution >= 4 is 17.5 Å². The van der Waals surface area contributed by atoms with Crippen molar-refractivity contribution < 1.29 is 4.79 Å². The molecule has 2 rings (SSSR count). The van der Waals surface area contributed by atoms with Gasteiger partial charge < -0.3 is 5.32 Å². The molecule has 3 heteroatoms. The molecule has 16 heavy (non-hydrogen) atoms. The fourth-order valence-electron chi connectivity index (χ4n) is 2.07. The Morgan fingerprint density at radius 2 is 2.06 bits per heavy atom. The zero-order chi connectivity index (χ0) is 11.5.